The maximum absolute atomic E-state index is 11.5. The first-order valence-electron chi connectivity index (χ1n) is 6.44. The van der Waals surface area contributed by atoms with E-state index in [1.54, 1.807) is 0 Å². The van der Waals surface area contributed by atoms with Crippen molar-refractivity contribution in [1.82, 2.24) is 15.5 Å². The van der Waals surface area contributed by atoms with Crippen LogP contribution in [0.2, 0.25) is 5.02 Å². The van der Waals surface area contributed by atoms with E-state index < -0.39 is 0 Å². The molecule has 0 spiro atoms. The van der Waals surface area contributed by atoms with Crippen molar-refractivity contribution in [2.45, 2.75) is 6.42 Å². The molecule has 0 aliphatic heterocycles. The molecule has 0 fully saturated rings. The van der Waals surface area contributed by atoms with E-state index in [2.05, 4.69) is 15.5 Å². The second-order valence-corrected chi connectivity index (χ2v) is 5.14. The number of nitrogens with one attached hydrogen (secondary N) is 2. The number of hydrogen-bond donors (Lipinski definition) is 2. The standard InChI is InChI=1S/C14H22ClN3O/c1-18(2)10-9-16-11-14(19)17-8-7-12-3-5-13(15)6-4-12/h3-6,16H,7-11H2,1-2H3,(H,17,19). The van der Waals surface area contributed by atoms with E-state index in [-0.39, 0.29) is 5.91 Å². The first-order chi connectivity index (χ1) is 9.08. The lowest BCUT2D eigenvalue weighted by Gasteiger charge is -2.10. The van der Waals surface area contributed by atoms with Crippen molar-refractivity contribution >= 4 is 17.5 Å². The van der Waals surface area contributed by atoms with E-state index >= 15 is 0 Å². The number of carbonyl (C=O) groups excluding carboxylic acids is 1. The molecule has 1 aromatic carbocycles. The van der Waals surface area contributed by atoms with E-state index in [1.165, 1.54) is 5.56 Å². The van der Waals surface area contributed by atoms with Gasteiger partial charge in [0.05, 0.1) is 6.54 Å². The molecule has 0 atom stereocenters. The highest BCUT2D eigenvalue weighted by atomic mass is 35.5. The number of nitrogens with zero attached hydrogens (tertiary/aromatic N) is 1. The Morgan fingerprint density at radius 3 is 2.53 bits per heavy atom. The fourth-order valence-corrected chi connectivity index (χ4v) is 1.69. The number of amides is 1. The smallest absolute Gasteiger partial charge is 0.233 e. The molecular formula is C14H22ClN3O. The van der Waals surface area contributed by atoms with Crippen LogP contribution in [0.4, 0.5) is 0 Å². The monoisotopic (exact) mass is 283 g/mol. The third kappa shape index (κ3) is 7.82. The topological polar surface area (TPSA) is 44.4 Å². The van der Waals surface area contributed by atoms with E-state index in [1.807, 2.05) is 38.4 Å². The zero-order valence-electron chi connectivity index (χ0n) is 11.6. The van der Waals surface area contributed by atoms with Crippen LogP contribution in [0.25, 0.3) is 0 Å². The van der Waals surface area contributed by atoms with Gasteiger partial charge in [0.25, 0.3) is 0 Å². The Balaban J connectivity index is 2.08. The first kappa shape index (κ1) is 16.0. The summed E-state index contributed by atoms with van der Waals surface area (Å²) < 4.78 is 0. The summed E-state index contributed by atoms with van der Waals surface area (Å²) in [5.41, 5.74) is 1.17. The molecule has 0 saturated heterocycles. The number of hydrogen-bond acceptors (Lipinski definition) is 3. The van der Waals surface area contributed by atoms with Gasteiger partial charge in [0.2, 0.25) is 5.91 Å². The van der Waals surface area contributed by atoms with Crippen LogP contribution in [0, 0.1) is 0 Å². The highest BCUT2D eigenvalue weighted by Gasteiger charge is 2.00. The van der Waals surface area contributed by atoms with E-state index in [9.17, 15) is 4.79 Å². The molecule has 0 aliphatic carbocycles. The van der Waals surface area contributed by atoms with Crippen LogP contribution in [0.3, 0.4) is 0 Å². The highest BCUT2D eigenvalue weighted by Crippen LogP contribution is 2.09. The lowest BCUT2D eigenvalue weighted by Crippen LogP contribution is -2.37. The van der Waals surface area contributed by atoms with E-state index in [0.29, 0.717) is 13.1 Å². The fraction of sp³-hybridized carbons (Fsp3) is 0.500. The van der Waals surface area contributed by atoms with Crippen molar-refractivity contribution in [2.24, 2.45) is 0 Å². The van der Waals surface area contributed by atoms with Gasteiger partial charge >= 0.3 is 0 Å². The quantitative estimate of drug-likeness (QED) is 0.704. The molecule has 106 valence electrons. The average molecular weight is 284 g/mol. The molecule has 1 amide bonds. The first-order valence-corrected chi connectivity index (χ1v) is 6.82. The molecule has 2 N–H and O–H groups in total. The van der Waals surface area contributed by atoms with Gasteiger partial charge in [0, 0.05) is 24.7 Å². The second kappa shape index (κ2) is 8.91. The number of rotatable bonds is 8. The molecule has 0 saturated carbocycles. The van der Waals surface area contributed by atoms with Crippen LogP contribution >= 0.6 is 11.6 Å². The van der Waals surface area contributed by atoms with Crippen LogP contribution in [0.1, 0.15) is 5.56 Å². The lowest BCUT2D eigenvalue weighted by molar-refractivity contribution is -0.120. The Morgan fingerprint density at radius 1 is 1.21 bits per heavy atom. The van der Waals surface area contributed by atoms with Gasteiger partial charge in [0.1, 0.15) is 0 Å². The Bertz CT molecular complexity index is 379. The van der Waals surface area contributed by atoms with Gasteiger partial charge in [-0.1, -0.05) is 23.7 Å². The predicted molar refractivity (Wildman–Crippen MR) is 79.6 cm³/mol. The van der Waals surface area contributed by atoms with Crippen LogP contribution in [-0.2, 0) is 11.2 Å². The maximum atomic E-state index is 11.5. The molecule has 0 radical (unpaired) electrons. The van der Waals surface area contributed by atoms with Gasteiger partial charge in [-0.2, -0.15) is 0 Å². The Hall–Kier alpha value is -1.10. The lowest BCUT2D eigenvalue weighted by atomic mass is 10.1. The van der Waals surface area contributed by atoms with Crippen LogP contribution < -0.4 is 10.6 Å². The normalized spacial score (nSPS) is 10.7. The zero-order valence-corrected chi connectivity index (χ0v) is 12.3. The molecule has 0 aromatic heterocycles. The SMILES string of the molecule is CN(C)CCNCC(=O)NCCc1ccc(Cl)cc1. The summed E-state index contributed by atoms with van der Waals surface area (Å²) in [4.78, 5) is 13.6. The minimum absolute atomic E-state index is 0.0349. The molecular weight excluding hydrogens is 262 g/mol. The Labute approximate surface area is 120 Å². The summed E-state index contributed by atoms with van der Waals surface area (Å²) in [6.45, 7) is 2.76. The Kier molecular flexibility index (Phi) is 7.48. The van der Waals surface area contributed by atoms with Gasteiger partial charge in [0.15, 0.2) is 0 Å². The maximum Gasteiger partial charge on any atom is 0.233 e. The van der Waals surface area contributed by atoms with Crippen LogP contribution in [0.5, 0.6) is 0 Å². The molecule has 0 heterocycles. The number of likely N-dealkylation sites (N-methyl/N-ethyl adjacent to an activating group) is 1. The van der Waals surface area contributed by atoms with Crippen molar-refractivity contribution < 1.29 is 4.79 Å². The van der Waals surface area contributed by atoms with Gasteiger partial charge in [-0.25, -0.2) is 0 Å². The predicted octanol–water partition coefficient (Wildman–Crippen LogP) is 1.15. The van der Waals surface area contributed by atoms with Crippen molar-refractivity contribution in [3.05, 3.63) is 34.9 Å². The summed E-state index contributed by atoms with van der Waals surface area (Å²) in [7, 11) is 4.02. The molecule has 0 unspecified atom stereocenters. The van der Waals surface area contributed by atoms with Crippen molar-refractivity contribution in [3.8, 4) is 0 Å². The molecule has 19 heavy (non-hydrogen) atoms. The van der Waals surface area contributed by atoms with Gasteiger partial charge in [-0.15, -0.1) is 0 Å². The summed E-state index contributed by atoms with van der Waals surface area (Å²) in [5.74, 6) is 0.0349. The molecule has 0 aliphatic rings. The number of halogens is 1. The molecule has 1 aromatic rings. The highest BCUT2D eigenvalue weighted by molar-refractivity contribution is 6.30. The van der Waals surface area contributed by atoms with E-state index in [0.717, 1.165) is 24.5 Å². The molecule has 1 rings (SSSR count). The fourth-order valence-electron chi connectivity index (χ4n) is 1.56. The van der Waals surface area contributed by atoms with Crippen molar-refractivity contribution in [1.29, 1.82) is 0 Å². The summed E-state index contributed by atoms with van der Waals surface area (Å²) in [6.07, 6.45) is 0.820. The summed E-state index contributed by atoms with van der Waals surface area (Å²) >= 11 is 5.81. The molecule has 4 nitrogen and oxygen atoms in total. The summed E-state index contributed by atoms with van der Waals surface area (Å²) in [5, 5.41) is 6.72. The molecule has 0 bridgehead atoms. The van der Waals surface area contributed by atoms with Gasteiger partial charge in [-0.05, 0) is 38.2 Å². The van der Waals surface area contributed by atoms with Crippen molar-refractivity contribution in [2.75, 3.05) is 40.3 Å². The minimum atomic E-state index is 0.0349. The second-order valence-electron chi connectivity index (χ2n) is 4.71. The van der Waals surface area contributed by atoms with Gasteiger partial charge in [-0.3, -0.25) is 4.79 Å². The molecule has 5 heteroatoms. The third-order valence-corrected chi connectivity index (χ3v) is 2.92. The van der Waals surface area contributed by atoms with Gasteiger partial charge < -0.3 is 15.5 Å². The van der Waals surface area contributed by atoms with E-state index in [4.69, 9.17) is 11.6 Å². The average Bonchev–Trinajstić information content (AvgIpc) is 2.37. The Morgan fingerprint density at radius 2 is 1.89 bits per heavy atom. The number of benzene rings is 1. The minimum Gasteiger partial charge on any atom is -0.355 e. The van der Waals surface area contributed by atoms with Crippen molar-refractivity contribution in [3.63, 3.8) is 0 Å². The van der Waals surface area contributed by atoms with Crippen LogP contribution in [-0.4, -0.2) is 51.1 Å². The third-order valence-electron chi connectivity index (χ3n) is 2.67. The zero-order chi connectivity index (χ0) is 14.1. The largest absolute Gasteiger partial charge is 0.355 e. The summed E-state index contributed by atoms with van der Waals surface area (Å²) in [6, 6.07) is 7.68. The number of carbonyl (C=O) groups is 1. The van der Waals surface area contributed by atoms with Crippen LogP contribution in [0.15, 0.2) is 24.3 Å².